The number of morpholine rings is 1. The van der Waals surface area contributed by atoms with Crippen molar-refractivity contribution < 1.29 is 9.53 Å². The largest absolute Gasteiger partial charge is 0.375 e. The Morgan fingerprint density at radius 2 is 2.20 bits per heavy atom. The van der Waals surface area contributed by atoms with Gasteiger partial charge in [0.1, 0.15) is 0 Å². The molecule has 1 fully saturated rings. The van der Waals surface area contributed by atoms with Crippen molar-refractivity contribution in [3.63, 3.8) is 0 Å². The number of hydrogen-bond acceptors (Lipinski definition) is 3. The van der Waals surface area contributed by atoms with Crippen LogP contribution in [0.2, 0.25) is 0 Å². The molecule has 2 aliphatic rings. The number of aryl methyl sites for hydroxylation is 1. The van der Waals surface area contributed by atoms with Crippen molar-refractivity contribution in [1.82, 2.24) is 4.90 Å². The minimum Gasteiger partial charge on any atom is -0.375 e. The van der Waals surface area contributed by atoms with Crippen LogP contribution in [-0.4, -0.2) is 36.1 Å². The maximum Gasteiger partial charge on any atom is 0.264 e. The molecular formula is C16H23NO2S. The van der Waals surface area contributed by atoms with Gasteiger partial charge in [0.25, 0.3) is 5.91 Å². The fraction of sp³-hybridized carbons (Fsp3) is 0.688. The summed E-state index contributed by atoms with van der Waals surface area (Å²) in [5.41, 5.74) is 1.41. The van der Waals surface area contributed by atoms with E-state index in [1.54, 1.807) is 11.3 Å². The average molecular weight is 293 g/mol. The van der Waals surface area contributed by atoms with E-state index in [1.165, 1.54) is 16.9 Å². The lowest BCUT2D eigenvalue weighted by Gasteiger charge is -2.36. The molecule has 110 valence electrons. The number of fused-ring (bicyclic) bond motifs is 1. The Morgan fingerprint density at radius 1 is 1.40 bits per heavy atom. The zero-order chi connectivity index (χ0) is 14.3. The van der Waals surface area contributed by atoms with E-state index in [2.05, 4.69) is 19.9 Å². The molecule has 3 rings (SSSR count). The van der Waals surface area contributed by atoms with Gasteiger partial charge < -0.3 is 9.64 Å². The van der Waals surface area contributed by atoms with Crippen molar-refractivity contribution in [3.05, 3.63) is 21.4 Å². The highest BCUT2D eigenvalue weighted by Gasteiger charge is 2.30. The number of hydrogen-bond donors (Lipinski definition) is 0. The van der Waals surface area contributed by atoms with Gasteiger partial charge in [-0.05, 0) is 50.7 Å². The van der Waals surface area contributed by atoms with Gasteiger partial charge in [0.05, 0.1) is 23.6 Å². The molecule has 3 unspecified atom stereocenters. The van der Waals surface area contributed by atoms with Crippen molar-refractivity contribution in [3.8, 4) is 0 Å². The third-order valence-electron chi connectivity index (χ3n) is 4.41. The van der Waals surface area contributed by atoms with Gasteiger partial charge in [-0.1, -0.05) is 6.92 Å². The fourth-order valence-corrected chi connectivity index (χ4v) is 4.30. The molecule has 0 spiro atoms. The molecule has 20 heavy (non-hydrogen) atoms. The van der Waals surface area contributed by atoms with Gasteiger partial charge in [-0.25, -0.2) is 0 Å². The van der Waals surface area contributed by atoms with E-state index in [-0.39, 0.29) is 18.1 Å². The topological polar surface area (TPSA) is 29.5 Å². The van der Waals surface area contributed by atoms with Gasteiger partial charge >= 0.3 is 0 Å². The van der Waals surface area contributed by atoms with Crippen LogP contribution < -0.4 is 0 Å². The highest BCUT2D eigenvalue weighted by Crippen LogP contribution is 2.33. The average Bonchev–Trinajstić information content (AvgIpc) is 2.83. The van der Waals surface area contributed by atoms with Gasteiger partial charge in [-0.3, -0.25) is 4.79 Å². The SMILES string of the molecule is CC1CCc2sc(C(=O)N3CC(C)OCC3C)cc2C1. The summed E-state index contributed by atoms with van der Waals surface area (Å²) in [5.74, 6) is 0.946. The highest BCUT2D eigenvalue weighted by atomic mass is 32.1. The van der Waals surface area contributed by atoms with E-state index in [4.69, 9.17) is 4.74 Å². The number of amides is 1. The predicted molar refractivity (Wildman–Crippen MR) is 81.4 cm³/mol. The van der Waals surface area contributed by atoms with Crippen LogP contribution in [0.25, 0.3) is 0 Å². The third-order valence-corrected chi connectivity index (χ3v) is 5.63. The number of carbonyl (C=O) groups is 1. The molecule has 2 heterocycles. The van der Waals surface area contributed by atoms with E-state index < -0.39 is 0 Å². The highest BCUT2D eigenvalue weighted by molar-refractivity contribution is 7.14. The van der Waals surface area contributed by atoms with Gasteiger partial charge in [0, 0.05) is 11.4 Å². The first kappa shape index (κ1) is 14.1. The summed E-state index contributed by atoms with van der Waals surface area (Å²) < 4.78 is 5.61. The van der Waals surface area contributed by atoms with E-state index in [9.17, 15) is 4.79 Å². The number of rotatable bonds is 1. The molecule has 0 aromatic carbocycles. The lowest BCUT2D eigenvalue weighted by atomic mass is 9.90. The van der Waals surface area contributed by atoms with Gasteiger partial charge in [-0.15, -0.1) is 11.3 Å². The summed E-state index contributed by atoms with van der Waals surface area (Å²) >= 11 is 1.71. The molecule has 0 bridgehead atoms. The second-order valence-corrected chi connectivity index (χ2v) is 7.49. The Kier molecular flexibility index (Phi) is 3.87. The molecule has 1 aromatic rings. The zero-order valence-corrected chi connectivity index (χ0v) is 13.3. The van der Waals surface area contributed by atoms with Crippen LogP contribution in [0, 0.1) is 5.92 Å². The third kappa shape index (κ3) is 2.63. The predicted octanol–water partition coefficient (Wildman–Crippen LogP) is 3.12. The summed E-state index contributed by atoms with van der Waals surface area (Å²) in [5, 5.41) is 0. The van der Waals surface area contributed by atoms with E-state index >= 15 is 0 Å². The Hall–Kier alpha value is -0.870. The molecule has 3 atom stereocenters. The van der Waals surface area contributed by atoms with Crippen LogP contribution in [0.4, 0.5) is 0 Å². The zero-order valence-electron chi connectivity index (χ0n) is 12.5. The number of carbonyl (C=O) groups excluding carboxylic acids is 1. The van der Waals surface area contributed by atoms with Crippen LogP contribution in [0.1, 0.15) is 47.3 Å². The molecule has 4 heteroatoms. The molecule has 1 aliphatic carbocycles. The van der Waals surface area contributed by atoms with E-state index in [0.717, 1.165) is 23.6 Å². The molecule has 1 saturated heterocycles. The maximum atomic E-state index is 12.7. The van der Waals surface area contributed by atoms with Crippen LogP contribution >= 0.6 is 11.3 Å². The smallest absolute Gasteiger partial charge is 0.264 e. The van der Waals surface area contributed by atoms with Crippen LogP contribution in [0.3, 0.4) is 0 Å². The molecule has 3 nitrogen and oxygen atoms in total. The quantitative estimate of drug-likeness (QED) is 0.796. The minimum absolute atomic E-state index is 0.143. The van der Waals surface area contributed by atoms with Crippen molar-refractivity contribution in [2.45, 2.75) is 52.2 Å². The fourth-order valence-electron chi connectivity index (χ4n) is 3.14. The molecule has 1 amide bonds. The van der Waals surface area contributed by atoms with Crippen molar-refractivity contribution in [1.29, 1.82) is 0 Å². The minimum atomic E-state index is 0.143. The molecule has 0 radical (unpaired) electrons. The summed E-state index contributed by atoms with van der Waals surface area (Å²) in [7, 11) is 0. The monoisotopic (exact) mass is 293 g/mol. The molecular weight excluding hydrogens is 270 g/mol. The van der Waals surface area contributed by atoms with E-state index in [0.29, 0.717) is 13.2 Å². The van der Waals surface area contributed by atoms with Gasteiger partial charge in [0.15, 0.2) is 0 Å². The lowest BCUT2D eigenvalue weighted by Crippen LogP contribution is -2.50. The Morgan fingerprint density at radius 3 is 3.00 bits per heavy atom. The maximum absolute atomic E-state index is 12.7. The van der Waals surface area contributed by atoms with Gasteiger partial charge in [0.2, 0.25) is 0 Å². The molecule has 0 N–H and O–H groups in total. The second-order valence-electron chi connectivity index (χ2n) is 6.36. The standard InChI is InChI=1S/C16H23NO2S/c1-10-4-5-14-13(6-10)7-15(20-14)16(18)17-8-12(3)19-9-11(17)2/h7,10-12H,4-6,8-9H2,1-3H3. The van der Waals surface area contributed by atoms with Crippen LogP contribution in [0.5, 0.6) is 0 Å². The summed E-state index contributed by atoms with van der Waals surface area (Å²) in [4.78, 5) is 17.1. The first-order chi connectivity index (χ1) is 9.54. The first-order valence-electron chi connectivity index (χ1n) is 7.58. The Bertz CT molecular complexity index is 511. The first-order valence-corrected chi connectivity index (χ1v) is 8.40. The van der Waals surface area contributed by atoms with Crippen LogP contribution in [-0.2, 0) is 17.6 Å². The number of nitrogens with zero attached hydrogens (tertiary/aromatic N) is 1. The summed E-state index contributed by atoms with van der Waals surface area (Å²) in [6.07, 6.45) is 3.67. The van der Waals surface area contributed by atoms with E-state index in [1.807, 2.05) is 11.8 Å². The summed E-state index contributed by atoms with van der Waals surface area (Å²) in [6, 6.07) is 2.32. The Labute approximate surface area is 124 Å². The summed E-state index contributed by atoms with van der Waals surface area (Å²) in [6.45, 7) is 7.76. The second kappa shape index (κ2) is 5.49. The van der Waals surface area contributed by atoms with Crippen molar-refractivity contribution >= 4 is 17.2 Å². The normalized spacial score (nSPS) is 30.1. The lowest BCUT2D eigenvalue weighted by molar-refractivity contribution is -0.0385. The van der Waals surface area contributed by atoms with Gasteiger partial charge in [-0.2, -0.15) is 0 Å². The van der Waals surface area contributed by atoms with Crippen molar-refractivity contribution in [2.24, 2.45) is 5.92 Å². The Balaban J connectivity index is 1.80. The number of ether oxygens (including phenoxy) is 1. The molecule has 1 aromatic heterocycles. The van der Waals surface area contributed by atoms with Crippen molar-refractivity contribution in [2.75, 3.05) is 13.2 Å². The number of thiophene rings is 1. The molecule has 1 aliphatic heterocycles. The van der Waals surface area contributed by atoms with Crippen LogP contribution in [0.15, 0.2) is 6.07 Å². The molecule has 0 saturated carbocycles.